The Labute approximate surface area is 157 Å². The summed E-state index contributed by atoms with van der Waals surface area (Å²) in [4.78, 5) is 10.4. The van der Waals surface area contributed by atoms with Gasteiger partial charge in [0.2, 0.25) is 0 Å². The number of nitrogens with one attached hydrogen (secondary N) is 2. The monoisotopic (exact) mass is 371 g/mol. The number of rotatable bonds is 7. The third kappa shape index (κ3) is 6.52. The van der Waals surface area contributed by atoms with Crippen molar-refractivity contribution in [3.8, 4) is 5.75 Å². The van der Waals surface area contributed by atoms with Crippen LogP contribution < -0.4 is 15.5 Å². The number of nitrogens with zero attached hydrogens (tertiary/aromatic N) is 1. The lowest BCUT2D eigenvalue weighted by atomic mass is 10.0. The minimum absolute atomic E-state index is 0.368. The molecule has 0 saturated heterocycles. The number of hydrogen-bond acceptors (Lipinski definition) is 4. The predicted molar refractivity (Wildman–Crippen MR) is 107 cm³/mol. The van der Waals surface area contributed by atoms with Crippen LogP contribution in [-0.4, -0.2) is 29.0 Å². The van der Waals surface area contributed by atoms with Gasteiger partial charge in [-0.3, -0.25) is 5.43 Å². The van der Waals surface area contributed by atoms with Crippen LogP contribution in [0.3, 0.4) is 0 Å². The van der Waals surface area contributed by atoms with Crippen LogP contribution >= 0.6 is 12.2 Å². The molecule has 0 aliphatic carbocycles. The fourth-order valence-corrected chi connectivity index (χ4v) is 2.24. The molecule has 3 N–H and O–H groups in total. The molecule has 0 unspecified atom stereocenters. The van der Waals surface area contributed by atoms with Gasteiger partial charge in [0.05, 0.1) is 6.21 Å². The van der Waals surface area contributed by atoms with Crippen LogP contribution in [0.1, 0.15) is 30.9 Å². The van der Waals surface area contributed by atoms with E-state index < -0.39 is 5.97 Å². The Bertz CT molecular complexity index is 772. The number of hydrazone groups is 1. The number of carbonyl (C=O) groups is 1. The van der Waals surface area contributed by atoms with E-state index in [2.05, 4.69) is 41.8 Å². The average Bonchev–Trinajstić information content (AvgIpc) is 2.61. The quantitative estimate of drug-likeness (QED) is 0.392. The summed E-state index contributed by atoms with van der Waals surface area (Å²) in [5.41, 5.74) is 5.73. The highest BCUT2D eigenvalue weighted by molar-refractivity contribution is 7.80. The summed E-state index contributed by atoms with van der Waals surface area (Å²) < 4.78 is 5.06. The Morgan fingerprint density at radius 1 is 1.19 bits per heavy atom. The molecule has 0 aromatic heterocycles. The van der Waals surface area contributed by atoms with Crippen molar-refractivity contribution in [2.24, 2.45) is 5.10 Å². The zero-order valence-electron chi connectivity index (χ0n) is 14.6. The van der Waals surface area contributed by atoms with Gasteiger partial charge < -0.3 is 15.2 Å². The molecule has 6 nitrogen and oxygen atoms in total. The molecule has 136 valence electrons. The van der Waals surface area contributed by atoms with Crippen LogP contribution in [0.2, 0.25) is 0 Å². The average molecular weight is 371 g/mol. The summed E-state index contributed by atoms with van der Waals surface area (Å²) in [6, 6.07) is 15.0. The van der Waals surface area contributed by atoms with Gasteiger partial charge in [-0.25, -0.2) is 4.79 Å². The first kappa shape index (κ1) is 19.4. The Hall–Kier alpha value is -2.93. The number of aliphatic carboxylic acids is 1. The van der Waals surface area contributed by atoms with Crippen molar-refractivity contribution < 1.29 is 14.6 Å². The normalized spacial score (nSPS) is 10.7. The number of hydrogen-bond donors (Lipinski definition) is 3. The molecule has 0 fully saturated rings. The second-order valence-corrected chi connectivity index (χ2v) is 6.26. The molecular formula is C19H21N3O3S. The number of anilines is 1. The molecule has 2 aromatic carbocycles. The summed E-state index contributed by atoms with van der Waals surface area (Å²) in [6.07, 6.45) is 1.61. The van der Waals surface area contributed by atoms with Crippen molar-refractivity contribution in [2.45, 2.75) is 19.8 Å². The molecule has 0 spiro atoms. The van der Waals surface area contributed by atoms with Gasteiger partial charge in [0.25, 0.3) is 0 Å². The molecule has 0 aliphatic heterocycles. The minimum Gasteiger partial charge on any atom is -0.482 e. The van der Waals surface area contributed by atoms with Crippen LogP contribution in [0.5, 0.6) is 5.75 Å². The van der Waals surface area contributed by atoms with Crippen molar-refractivity contribution in [1.29, 1.82) is 0 Å². The molecule has 0 bridgehead atoms. The molecule has 2 rings (SSSR count). The lowest BCUT2D eigenvalue weighted by molar-refractivity contribution is -0.139. The van der Waals surface area contributed by atoms with E-state index in [1.807, 2.05) is 12.1 Å². The summed E-state index contributed by atoms with van der Waals surface area (Å²) in [7, 11) is 0. The van der Waals surface area contributed by atoms with E-state index in [1.165, 1.54) is 5.56 Å². The number of benzene rings is 2. The van der Waals surface area contributed by atoms with Gasteiger partial charge in [0.1, 0.15) is 5.75 Å². The van der Waals surface area contributed by atoms with E-state index in [0.717, 1.165) is 11.3 Å². The summed E-state index contributed by atoms with van der Waals surface area (Å²) in [5.74, 6) is -0.0427. The van der Waals surface area contributed by atoms with E-state index in [4.69, 9.17) is 22.1 Å². The Balaban J connectivity index is 1.81. The summed E-state index contributed by atoms with van der Waals surface area (Å²) in [6.45, 7) is 3.93. The maximum absolute atomic E-state index is 10.4. The smallest absolute Gasteiger partial charge is 0.341 e. The molecular weight excluding hydrogens is 350 g/mol. The van der Waals surface area contributed by atoms with Gasteiger partial charge in [-0.05, 0) is 65.7 Å². The molecule has 2 aromatic rings. The maximum Gasteiger partial charge on any atom is 0.341 e. The number of carboxylic acid groups (broad SMARTS) is 1. The lowest BCUT2D eigenvalue weighted by Gasteiger charge is -2.09. The van der Waals surface area contributed by atoms with E-state index in [1.54, 1.807) is 30.5 Å². The van der Waals surface area contributed by atoms with Crippen molar-refractivity contribution in [2.75, 3.05) is 11.9 Å². The highest BCUT2D eigenvalue weighted by atomic mass is 32.1. The second-order valence-electron chi connectivity index (χ2n) is 5.85. The lowest BCUT2D eigenvalue weighted by Crippen LogP contribution is -2.23. The zero-order valence-corrected chi connectivity index (χ0v) is 15.4. The van der Waals surface area contributed by atoms with Crippen LogP contribution in [0.15, 0.2) is 53.6 Å². The van der Waals surface area contributed by atoms with Crippen molar-refractivity contribution in [3.63, 3.8) is 0 Å². The Morgan fingerprint density at radius 3 is 2.42 bits per heavy atom. The Kier molecular flexibility index (Phi) is 7.11. The third-order valence-electron chi connectivity index (χ3n) is 3.46. The first-order chi connectivity index (χ1) is 12.4. The van der Waals surface area contributed by atoms with E-state index in [-0.39, 0.29) is 6.61 Å². The van der Waals surface area contributed by atoms with Crippen molar-refractivity contribution in [1.82, 2.24) is 5.43 Å². The molecule has 0 aliphatic rings. The molecule has 0 atom stereocenters. The predicted octanol–water partition coefficient (Wildman–Crippen LogP) is 3.59. The van der Waals surface area contributed by atoms with Crippen LogP contribution in [0.4, 0.5) is 5.69 Å². The fraction of sp³-hybridized carbons (Fsp3) is 0.211. The minimum atomic E-state index is -1.01. The standard InChI is InChI=1S/C19H21N3O3S/c1-13(2)15-5-7-16(8-6-15)21-19(26)22-20-11-14-3-9-17(10-4-14)25-12-18(23)24/h3-11,13H,12H2,1-2H3,(H,23,24)(H2,21,22,26)/b20-11+. The van der Waals surface area contributed by atoms with Crippen LogP contribution in [0.25, 0.3) is 0 Å². The fourth-order valence-electron chi connectivity index (χ4n) is 2.07. The molecule has 26 heavy (non-hydrogen) atoms. The van der Waals surface area contributed by atoms with E-state index in [9.17, 15) is 4.79 Å². The number of ether oxygens (including phenoxy) is 1. The Morgan fingerprint density at radius 2 is 1.85 bits per heavy atom. The van der Waals surface area contributed by atoms with E-state index in [0.29, 0.717) is 16.8 Å². The second kappa shape index (κ2) is 9.53. The molecule has 0 amide bonds. The first-order valence-corrected chi connectivity index (χ1v) is 8.49. The largest absolute Gasteiger partial charge is 0.482 e. The summed E-state index contributed by atoms with van der Waals surface area (Å²) in [5, 5.41) is 16.1. The molecule has 7 heteroatoms. The van der Waals surface area contributed by atoms with Gasteiger partial charge in [-0.15, -0.1) is 0 Å². The van der Waals surface area contributed by atoms with Gasteiger partial charge >= 0.3 is 5.97 Å². The van der Waals surface area contributed by atoms with Crippen molar-refractivity contribution >= 4 is 35.2 Å². The van der Waals surface area contributed by atoms with Crippen LogP contribution in [-0.2, 0) is 4.79 Å². The zero-order chi connectivity index (χ0) is 18.9. The highest BCUT2D eigenvalue weighted by Gasteiger charge is 2.01. The highest BCUT2D eigenvalue weighted by Crippen LogP contribution is 2.17. The SMILES string of the molecule is CC(C)c1ccc(NC(=S)N/N=C/c2ccc(OCC(=O)O)cc2)cc1. The first-order valence-electron chi connectivity index (χ1n) is 8.08. The molecule has 0 radical (unpaired) electrons. The molecule has 0 saturated carbocycles. The van der Waals surface area contributed by atoms with E-state index >= 15 is 0 Å². The van der Waals surface area contributed by atoms with Gasteiger partial charge in [-0.1, -0.05) is 26.0 Å². The third-order valence-corrected chi connectivity index (χ3v) is 3.65. The number of carboxylic acids is 1. The topological polar surface area (TPSA) is 83.0 Å². The maximum atomic E-state index is 10.4. The number of thiocarbonyl (C=S) groups is 1. The van der Waals surface area contributed by atoms with Crippen molar-refractivity contribution in [3.05, 3.63) is 59.7 Å². The van der Waals surface area contributed by atoms with Gasteiger partial charge in [-0.2, -0.15) is 5.10 Å². The van der Waals surface area contributed by atoms with Gasteiger partial charge in [0, 0.05) is 5.69 Å². The van der Waals surface area contributed by atoms with Gasteiger partial charge in [0.15, 0.2) is 11.7 Å². The molecule has 0 heterocycles. The van der Waals surface area contributed by atoms with Crippen LogP contribution in [0, 0.1) is 0 Å². The summed E-state index contributed by atoms with van der Waals surface area (Å²) >= 11 is 5.20.